The number of rotatable bonds is 5. The molecule has 2 rings (SSSR count). The maximum Gasteiger partial charge on any atom is 0.123 e. The van der Waals surface area contributed by atoms with E-state index in [4.69, 9.17) is 4.74 Å². The van der Waals surface area contributed by atoms with Crippen molar-refractivity contribution in [3.63, 3.8) is 0 Å². The van der Waals surface area contributed by atoms with Gasteiger partial charge in [-0.1, -0.05) is 18.2 Å². The van der Waals surface area contributed by atoms with Crippen molar-refractivity contribution < 1.29 is 9.84 Å². The third-order valence-electron chi connectivity index (χ3n) is 3.73. The molecular weight excluding hydrogens is 240 g/mol. The Morgan fingerprint density at radius 2 is 2.00 bits per heavy atom. The van der Waals surface area contributed by atoms with Crippen molar-refractivity contribution in [2.75, 3.05) is 33.8 Å². The summed E-state index contributed by atoms with van der Waals surface area (Å²) in [5, 5.41) is 13.8. The van der Waals surface area contributed by atoms with Crippen molar-refractivity contribution in [3.05, 3.63) is 29.8 Å². The van der Waals surface area contributed by atoms with Crippen LogP contribution in [0.3, 0.4) is 0 Å². The van der Waals surface area contributed by atoms with Crippen LogP contribution in [-0.4, -0.2) is 49.4 Å². The average molecular weight is 264 g/mol. The summed E-state index contributed by atoms with van der Waals surface area (Å²) in [5.74, 6) is 0.909. The van der Waals surface area contributed by atoms with Gasteiger partial charge in [-0.05, 0) is 39.0 Å². The first-order valence-electron chi connectivity index (χ1n) is 6.86. The van der Waals surface area contributed by atoms with Gasteiger partial charge in [-0.25, -0.2) is 0 Å². The first-order chi connectivity index (χ1) is 9.13. The highest BCUT2D eigenvalue weighted by molar-refractivity contribution is 5.33. The Balaban J connectivity index is 1.95. The molecule has 0 atom stereocenters. The van der Waals surface area contributed by atoms with Crippen LogP contribution in [0, 0.1) is 0 Å². The van der Waals surface area contributed by atoms with E-state index in [1.54, 1.807) is 7.11 Å². The van der Waals surface area contributed by atoms with E-state index in [1.807, 2.05) is 25.2 Å². The molecule has 1 fully saturated rings. The molecule has 1 aliphatic heterocycles. The number of hydrogen-bond acceptors (Lipinski definition) is 4. The highest BCUT2D eigenvalue weighted by Gasteiger charge is 2.30. The number of benzene rings is 1. The van der Waals surface area contributed by atoms with Crippen molar-refractivity contribution in [3.8, 4) is 5.75 Å². The molecule has 2 N–H and O–H groups in total. The molecule has 0 unspecified atom stereocenters. The number of hydrogen-bond donors (Lipinski definition) is 2. The topological polar surface area (TPSA) is 44.7 Å². The molecule has 0 amide bonds. The fourth-order valence-corrected chi connectivity index (χ4v) is 2.73. The van der Waals surface area contributed by atoms with Gasteiger partial charge in [0.2, 0.25) is 0 Å². The minimum atomic E-state index is -0.554. The van der Waals surface area contributed by atoms with Gasteiger partial charge in [-0.15, -0.1) is 0 Å². The molecule has 0 radical (unpaired) electrons. The van der Waals surface area contributed by atoms with E-state index in [-0.39, 0.29) is 0 Å². The maximum atomic E-state index is 10.5. The zero-order valence-corrected chi connectivity index (χ0v) is 11.9. The van der Waals surface area contributed by atoms with Gasteiger partial charge in [0.25, 0.3) is 0 Å². The van der Waals surface area contributed by atoms with Gasteiger partial charge in [0.05, 0.1) is 12.7 Å². The van der Waals surface area contributed by atoms with Crippen molar-refractivity contribution in [1.82, 2.24) is 10.2 Å². The summed E-state index contributed by atoms with van der Waals surface area (Å²) >= 11 is 0. The standard InChI is InChI=1S/C15H24N2O2/c1-17(12-15(18)7-9-16-10-8-15)11-13-5-3-4-6-14(13)19-2/h3-6,16,18H,7-12H2,1-2H3. The molecule has 0 aliphatic carbocycles. The number of nitrogens with zero attached hydrogens (tertiary/aromatic N) is 1. The molecule has 4 nitrogen and oxygen atoms in total. The van der Waals surface area contributed by atoms with Crippen molar-refractivity contribution in [1.29, 1.82) is 0 Å². The van der Waals surface area contributed by atoms with E-state index in [2.05, 4.69) is 16.3 Å². The van der Waals surface area contributed by atoms with Gasteiger partial charge in [-0.2, -0.15) is 0 Å². The third-order valence-corrected chi connectivity index (χ3v) is 3.73. The molecule has 0 saturated carbocycles. The summed E-state index contributed by atoms with van der Waals surface area (Å²) < 4.78 is 5.36. The number of likely N-dealkylation sites (N-methyl/N-ethyl adjacent to an activating group) is 1. The zero-order valence-electron chi connectivity index (χ0n) is 11.9. The van der Waals surface area contributed by atoms with Gasteiger partial charge in [0.1, 0.15) is 5.75 Å². The van der Waals surface area contributed by atoms with E-state index in [0.29, 0.717) is 6.54 Å². The van der Waals surface area contributed by atoms with E-state index in [9.17, 15) is 5.11 Å². The molecule has 1 aromatic rings. The average Bonchev–Trinajstić information content (AvgIpc) is 2.39. The summed E-state index contributed by atoms with van der Waals surface area (Å²) in [6.45, 7) is 3.30. The molecule has 106 valence electrons. The predicted octanol–water partition coefficient (Wildman–Crippen LogP) is 1.24. The van der Waals surface area contributed by atoms with Gasteiger partial charge < -0.3 is 15.2 Å². The maximum absolute atomic E-state index is 10.5. The summed E-state index contributed by atoms with van der Waals surface area (Å²) in [4.78, 5) is 2.17. The molecule has 1 aliphatic rings. The molecule has 0 bridgehead atoms. The Bertz CT molecular complexity index is 403. The minimum absolute atomic E-state index is 0.554. The Kier molecular flexibility index (Phi) is 4.80. The van der Waals surface area contributed by atoms with E-state index >= 15 is 0 Å². The lowest BCUT2D eigenvalue weighted by Crippen LogP contribution is -2.48. The lowest BCUT2D eigenvalue weighted by Gasteiger charge is -2.36. The second kappa shape index (κ2) is 6.37. The van der Waals surface area contributed by atoms with Crippen LogP contribution in [0.15, 0.2) is 24.3 Å². The summed E-state index contributed by atoms with van der Waals surface area (Å²) in [6.07, 6.45) is 1.65. The Morgan fingerprint density at radius 3 is 2.68 bits per heavy atom. The molecule has 0 aromatic heterocycles. The summed E-state index contributed by atoms with van der Waals surface area (Å²) in [6, 6.07) is 8.04. The van der Waals surface area contributed by atoms with Gasteiger partial charge in [0.15, 0.2) is 0 Å². The monoisotopic (exact) mass is 264 g/mol. The Morgan fingerprint density at radius 1 is 1.32 bits per heavy atom. The van der Waals surface area contributed by atoms with Crippen molar-refractivity contribution in [2.24, 2.45) is 0 Å². The zero-order chi connectivity index (χ0) is 13.7. The molecule has 4 heteroatoms. The van der Waals surface area contributed by atoms with Crippen LogP contribution in [0.1, 0.15) is 18.4 Å². The number of methoxy groups -OCH3 is 1. The predicted molar refractivity (Wildman–Crippen MR) is 76.4 cm³/mol. The second-order valence-corrected chi connectivity index (χ2v) is 5.46. The Labute approximate surface area is 115 Å². The van der Waals surface area contributed by atoms with Crippen LogP contribution in [0.5, 0.6) is 5.75 Å². The minimum Gasteiger partial charge on any atom is -0.496 e. The van der Waals surface area contributed by atoms with Crippen LogP contribution in [0.25, 0.3) is 0 Å². The second-order valence-electron chi connectivity index (χ2n) is 5.46. The number of piperidine rings is 1. The molecule has 1 heterocycles. The molecule has 1 saturated heterocycles. The largest absolute Gasteiger partial charge is 0.496 e. The molecule has 1 aromatic carbocycles. The SMILES string of the molecule is COc1ccccc1CN(C)CC1(O)CCNCC1. The van der Waals surface area contributed by atoms with Crippen molar-refractivity contribution in [2.45, 2.75) is 25.0 Å². The number of para-hydroxylation sites is 1. The number of nitrogens with one attached hydrogen (secondary N) is 1. The highest BCUT2D eigenvalue weighted by atomic mass is 16.5. The van der Waals surface area contributed by atoms with Crippen LogP contribution in [0.2, 0.25) is 0 Å². The lowest BCUT2D eigenvalue weighted by molar-refractivity contribution is -0.0169. The van der Waals surface area contributed by atoms with Gasteiger partial charge >= 0.3 is 0 Å². The van der Waals surface area contributed by atoms with E-state index in [0.717, 1.165) is 43.8 Å². The smallest absolute Gasteiger partial charge is 0.123 e. The fraction of sp³-hybridized carbons (Fsp3) is 0.600. The molecular formula is C15H24N2O2. The normalized spacial score (nSPS) is 18.5. The number of ether oxygens (including phenoxy) is 1. The Hall–Kier alpha value is -1.10. The van der Waals surface area contributed by atoms with Crippen LogP contribution in [-0.2, 0) is 6.54 Å². The number of aliphatic hydroxyl groups is 1. The quantitative estimate of drug-likeness (QED) is 0.840. The lowest BCUT2D eigenvalue weighted by atomic mass is 9.92. The van der Waals surface area contributed by atoms with E-state index < -0.39 is 5.60 Å². The summed E-state index contributed by atoms with van der Waals surface area (Å²) in [5.41, 5.74) is 0.604. The summed E-state index contributed by atoms with van der Waals surface area (Å²) in [7, 11) is 3.74. The van der Waals surface area contributed by atoms with Crippen LogP contribution in [0.4, 0.5) is 0 Å². The van der Waals surface area contributed by atoms with E-state index in [1.165, 1.54) is 0 Å². The molecule has 0 spiro atoms. The first-order valence-corrected chi connectivity index (χ1v) is 6.86. The first kappa shape index (κ1) is 14.3. The van der Waals surface area contributed by atoms with Crippen molar-refractivity contribution >= 4 is 0 Å². The molecule has 19 heavy (non-hydrogen) atoms. The third kappa shape index (κ3) is 3.93. The highest BCUT2D eigenvalue weighted by Crippen LogP contribution is 2.22. The van der Waals surface area contributed by atoms with Crippen LogP contribution < -0.4 is 10.1 Å². The van der Waals surface area contributed by atoms with Gasteiger partial charge in [0, 0.05) is 18.7 Å². The van der Waals surface area contributed by atoms with Crippen LogP contribution >= 0.6 is 0 Å². The fourth-order valence-electron chi connectivity index (χ4n) is 2.73. The van der Waals surface area contributed by atoms with Gasteiger partial charge in [-0.3, -0.25) is 4.90 Å².